The lowest BCUT2D eigenvalue weighted by atomic mass is 9.96. The maximum atomic E-state index is 13.1. The molecule has 2 heterocycles. The van der Waals surface area contributed by atoms with Crippen molar-refractivity contribution in [1.29, 1.82) is 0 Å². The van der Waals surface area contributed by atoms with Crippen LogP contribution in [0.25, 0.3) is 0 Å². The maximum Gasteiger partial charge on any atom is 0.223 e. The summed E-state index contributed by atoms with van der Waals surface area (Å²) in [5, 5.41) is 3.05. The van der Waals surface area contributed by atoms with E-state index in [0.717, 1.165) is 38.8 Å². The molecule has 2 fully saturated rings. The van der Waals surface area contributed by atoms with E-state index in [1.165, 1.54) is 6.07 Å². The van der Waals surface area contributed by atoms with E-state index in [9.17, 15) is 9.18 Å². The molecule has 1 saturated heterocycles. The molecule has 1 aliphatic heterocycles. The first-order valence-electron chi connectivity index (χ1n) is 6.90. The molecule has 0 spiro atoms. The van der Waals surface area contributed by atoms with E-state index in [1.54, 1.807) is 6.07 Å². The average Bonchev–Trinajstić information content (AvgIpc) is 3.23. The minimum atomic E-state index is -0.453. The van der Waals surface area contributed by atoms with Gasteiger partial charge >= 0.3 is 0 Å². The zero-order valence-corrected chi connectivity index (χ0v) is 10.8. The SMILES string of the molecule is O=C(NC1CC1)C1CCN(c2cccc(F)n2)CC1. The lowest BCUT2D eigenvalue weighted by molar-refractivity contribution is -0.125. The number of nitrogens with one attached hydrogen (secondary N) is 1. The number of nitrogens with zero attached hydrogens (tertiary/aromatic N) is 2. The molecule has 0 aromatic carbocycles. The van der Waals surface area contributed by atoms with Crippen molar-refractivity contribution in [3.05, 3.63) is 24.1 Å². The van der Waals surface area contributed by atoms with E-state index < -0.39 is 5.95 Å². The predicted molar refractivity (Wildman–Crippen MR) is 70.3 cm³/mol. The van der Waals surface area contributed by atoms with Gasteiger partial charge in [0.1, 0.15) is 5.82 Å². The summed E-state index contributed by atoms with van der Waals surface area (Å²) in [6.45, 7) is 1.53. The van der Waals surface area contributed by atoms with Gasteiger partial charge in [0.25, 0.3) is 0 Å². The third-order valence-corrected chi connectivity index (χ3v) is 3.81. The summed E-state index contributed by atoms with van der Waals surface area (Å²) >= 11 is 0. The van der Waals surface area contributed by atoms with Crippen LogP contribution < -0.4 is 10.2 Å². The molecule has 102 valence electrons. The molecule has 1 aliphatic carbocycles. The van der Waals surface area contributed by atoms with Gasteiger partial charge in [-0.3, -0.25) is 4.79 Å². The van der Waals surface area contributed by atoms with Gasteiger partial charge in [-0.15, -0.1) is 0 Å². The van der Waals surface area contributed by atoms with E-state index >= 15 is 0 Å². The van der Waals surface area contributed by atoms with Gasteiger partial charge in [0.05, 0.1) is 0 Å². The van der Waals surface area contributed by atoms with Crippen molar-refractivity contribution in [2.75, 3.05) is 18.0 Å². The van der Waals surface area contributed by atoms with Gasteiger partial charge in [-0.1, -0.05) is 6.07 Å². The smallest absolute Gasteiger partial charge is 0.223 e. The van der Waals surface area contributed by atoms with Crippen LogP contribution in [0.15, 0.2) is 18.2 Å². The normalized spacial score (nSPS) is 20.4. The van der Waals surface area contributed by atoms with Gasteiger partial charge in [0.2, 0.25) is 11.9 Å². The molecule has 0 atom stereocenters. The number of aromatic nitrogens is 1. The van der Waals surface area contributed by atoms with E-state index in [0.29, 0.717) is 11.9 Å². The summed E-state index contributed by atoms with van der Waals surface area (Å²) in [6.07, 6.45) is 3.88. The number of carbonyl (C=O) groups is 1. The highest BCUT2D eigenvalue weighted by Crippen LogP contribution is 2.24. The van der Waals surface area contributed by atoms with E-state index in [2.05, 4.69) is 10.3 Å². The highest BCUT2D eigenvalue weighted by Gasteiger charge is 2.30. The first-order valence-corrected chi connectivity index (χ1v) is 6.90. The van der Waals surface area contributed by atoms with Crippen LogP contribution in [0.1, 0.15) is 25.7 Å². The zero-order valence-electron chi connectivity index (χ0n) is 10.8. The van der Waals surface area contributed by atoms with Crippen LogP contribution >= 0.6 is 0 Å². The van der Waals surface area contributed by atoms with Gasteiger partial charge in [-0.05, 0) is 37.8 Å². The fraction of sp³-hybridized carbons (Fsp3) is 0.571. The number of piperidine rings is 1. The van der Waals surface area contributed by atoms with Crippen LogP contribution in [0.3, 0.4) is 0 Å². The molecule has 19 heavy (non-hydrogen) atoms. The second-order valence-electron chi connectivity index (χ2n) is 5.36. The summed E-state index contributed by atoms with van der Waals surface area (Å²) in [6, 6.07) is 5.26. The topological polar surface area (TPSA) is 45.2 Å². The third kappa shape index (κ3) is 3.03. The third-order valence-electron chi connectivity index (χ3n) is 3.81. The molecule has 1 amide bonds. The van der Waals surface area contributed by atoms with Crippen LogP contribution in [0, 0.1) is 11.9 Å². The van der Waals surface area contributed by atoms with Crippen molar-refractivity contribution in [3.8, 4) is 0 Å². The first kappa shape index (κ1) is 12.4. The minimum Gasteiger partial charge on any atom is -0.356 e. The molecule has 0 radical (unpaired) electrons. The van der Waals surface area contributed by atoms with E-state index in [-0.39, 0.29) is 11.8 Å². The number of halogens is 1. The largest absolute Gasteiger partial charge is 0.356 e. The summed E-state index contributed by atoms with van der Waals surface area (Å²) in [5.74, 6) is 0.506. The van der Waals surface area contributed by atoms with Crippen molar-refractivity contribution in [3.63, 3.8) is 0 Å². The first-order chi connectivity index (χ1) is 9.22. The second-order valence-corrected chi connectivity index (χ2v) is 5.36. The molecular weight excluding hydrogens is 245 g/mol. The fourth-order valence-corrected chi connectivity index (χ4v) is 2.49. The highest BCUT2D eigenvalue weighted by atomic mass is 19.1. The summed E-state index contributed by atoms with van der Waals surface area (Å²) in [5.41, 5.74) is 0. The van der Waals surface area contributed by atoms with Crippen LogP contribution in [0.5, 0.6) is 0 Å². The molecule has 0 bridgehead atoms. The Labute approximate surface area is 112 Å². The van der Waals surface area contributed by atoms with E-state index in [1.807, 2.05) is 11.0 Å². The average molecular weight is 263 g/mol. The Morgan fingerprint density at radius 1 is 1.26 bits per heavy atom. The number of carbonyl (C=O) groups excluding carboxylic acids is 1. The van der Waals surface area contributed by atoms with Gasteiger partial charge in [0, 0.05) is 25.0 Å². The second kappa shape index (κ2) is 5.15. The zero-order chi connectivity index (χ0) is 13.2. The number of amides is 1. The Kier molecular flexibility index (Phi) is 3.36. The standard InChI is InChI=1S/C14H18FN3O/c15-12-2-1-3-13(17-12)18-8-6-10(7-9-18)14(19)16-11-4-5-11/h1-3,10-11H,4-9H2,(H,16,19). The highest BCUT2D eigenvalue weighted by molar-refractivity contribution is 5.79. The molecule has 3 rings (SSSR count). The quantitative estimate of drug-likeness (QED) is 0.845. The summed E-state index contributed by atoms with van der Waals surface area (Å²) < 4.78 is 13.1. The summed E-state index contributed by atoms with van der Waals surface area (Å²) in [7, 11) is 0. The van der Waals surface area contributed by atoms with Crippen molar-refractivity contribution >= 4 is 11.7 Å². The van der Waals surface area contributed by atoms with Crippen LogP contribution in [0.2, 0.25) is 0 Å². The van der Waals surface area contributed by atoms with Crippen molar-refractivity contribution < 1.29 is 9.18 Å². The van der Waals surface area contributed by atoms with Crippen molar-refractivity contribution in [1.82, 2.24) is 10.3 Å². The lowest BCUT2D eigenvalue weighted by Gasteiger charge is -2.32. The predicted octanol–water partition coefficient (Wildman–Crippen LogP) is 1.72. The Hall–Kier alpha value is -1.65. The molecular formula is C14H18FN3O. The Morgan fingerprint density at radius 2 is 2.00 bits per heavy atom. The number of hydrogen-bond donors (Lipinski definition) is 1. The minimum absolute atomic E-state index is 0.102. The van der Waals surface area contributed by atoms with Gasteiger partial charge in [-0.25, -0.2) is 4.98 Å². The van der Waals surface area contributed by atoms with Gasteiger partial charge in [0.15, 0.2) is 0 Å². The van der Waals surface area contributed by atoms with Gasteiger partial charge in [-0.2, -0.15) is 4.39 Å². The Balaban J connectivity index is 1.55. The Bertz CT molecular complexity index is 468. The summed E-state index contributed by atoms with van der Waals surface area (Å²) in [4.78, 5) is 17.9. The number of pyridine rings is 1. The molecule has 0 unspecified atom stereocenters. The fourth-order valence-electron chi connectivity index (χ4n) is 2.49. The molecule has 4 nitrogen and oxygen atoms in total. The van der Waals surface area contributed by atoms with Gasteiger partial charge < -0.3 is 10.2 Å². The van der Waals surface area contributed by atoms with Crippen LogP contribution in [-0.4, -0.2) is 30.0 Å². The van der Waals surface area contributed by atoms with Crippen LogP contribution in [0.4, 0.5) is 10.2 Å². The molecule has 2 aliphatic rings. The molecule has 1 N–H and O–H groups in total. The monoisotopic (exact) mass is 263 g/mol. The molecule has 5 heteroatoms. The number of hydrogen-bond acceptors (Lipinski definition) is 3. The lowest BCUT2D eigenvalue weighted by Crippen LogP contribution is -2.41. The van der Waals surface area contributed by atoms with Crippen LogP contribution in [-0.2, 0) is 4.79 Å². The maximum absolute atomic E-state index is 13.1. The molecule has 1 saturated carbocycles. The number of rotatable bonds is 3. The Morgan fingerprint density at radius 3 is 2.63 bits per heavy atom. The van der Waals surface area contributed by atoms with E-state index in [4.69, 9.17) is 0 Å². The van der Waals surface area contributed by atoms with Crippen molar-refractivity contribution in [2.24, 2.45) is 5.92 Å². The van der Waals surface area contributed by atoms with Crippen molar-refractivity contribution in [2.45, 2.75) is 31.7 Å². The molecule has 1 aromatic heterocycles. The number of anilines is 1. The molecule has 1 aromatic rings.